The van der Waals surface area contributed by atoms with Crippen LogP contribution in [0, 0.1) is 0 Å². The van der Waals surface area contributed by atoms with Crippen molar-refractivity contribution in [1.82, 2.24) is 0 Å². The van der Waals surface area contributed by atoms with Crippen LogP contribution in [-0.4, -0.2) is 17.9 Å². The Morgan fingerprint density at radius 3 is 1.00 bits per heavy atom. The van der Waals surface area contributed by atoms with Gasteiger partial charge in [-0.3, -0.25) is 0 Å². The summed E-state index contributed by atoms with van der Waals surface area (Å²) < 4.78 is 0.834. The summed E-state index contributed by atoms with van der Waals surface area (Å²) in [6.07, 6.45) is 11.4. The molecule has 0 aliphatic heterocycles. The molecular formula is C34H32O6Ti. The molecule has 6 rings (SSSR count). The first-order valence-corrected chi connectivity index (χ1v) is 14.6. The van der Waals surface area contributed by atoms with Crippen molar-refractivity contribution in [3.8, 4) is 0 Å². The van der Waals surface area contributed by atoms with Crippen LogP contribution in [-0.2, 0) is 20.4 Å². The fourth-order valence-corrected chi connectivity index (χ4v) is 6.11. The molecule has 0 heterocycles. The zero-order valence-corrected chi connectivity index (χ0v) is 24.4. The van der Waals surface area contributed by atoms with Gasteiger partial charge in [-0.25, -0.2) is 0 Å². The van der Waals surface area contributed by atoms with Gasteiger partial charge < -0.3 is 29.7 Å². The van der Waals surface area contributed by atoms with E-state index in [0.29, 0.717) is 0 Å². The molecule has 6 nitrogen and oxygen atoms in total. The van der Waals surface area contributed by atoms with Crippen LogP contribution in [0.1, 0.15) is 82.4 Å². The molecule has 7 heteroatoms. The van der Waals surface area contributed by atoms with Crippen molar-refractivity contribution in [3.05, 3.63) is 130 Å². The molecule has 3 aliphatic carbocycles. The molecule has 0 N–H and O–H groups in total. The van der Waals surface area contributed by atoms with Gasteiger partial charge >= 0.3 is 98.3 Å². The number of rotatable bonds is 3. The minimum absolute atomic E-state index is 0.220. The number of aromatic carboxylic acids is 3. The Hall–Kier alpha value is -3.74. The summed E-state index contributed by atoms with van der Waals surface area (Å²) in [6, 6.07) is 24.2. The molecule has 3 aromatic carbocycles. The van der Waals surface area contributed by atoms with Crippen LogP contribution in [0.15, 0.2) is 113 Å². The van der Waals surface area contributed by atoms with Crippen molar-refractivity contribution in [3.63, 3.8) is 0 Å². The number of carboxylic acid groups (broad SMARTS) is 3. The third-order valence-corrected chi connectivity index (χ3v) is 8.20. The van der Waals surface area contributed by atoms with Crippen LogP contribution in [0.25, 0.3) is 0 Å². The molecule has 0 saturated carbocycles. The van der Waals surface area contributed by atoms with E-state index in [0.717, 1.165) is 4.22 Å². The van der Waals surface area contributed by atoms with Gasteiger partial charge in [-0.1, -0.05) is 91.0 Å². The van der Waals surface area contributed by atoms with E-state index < -0.39 is 17.9 Å². The van der Waals surface area contributed by atoms with Gasteiger partial charge in [-0.15, -0.1) is 0 Å². The number of carbonyl (C=O) groups is 3. The zero-order valence-electron chi connectivity index (χ0n) is 22.8. The molecule has 0 fully saturated rings. The van der Waals surface area contributed by atoms with Crippen molar-refractivity contribution in [2.45, 2.75) is 55.6 Å². The summed E-state index contributed by atoms with van der Waals surface area (Å²) in [6.45, 7) is 0. The van der Waals surface area contributed by atoms with Crippen LogP contribution in [0.4, 0.5) is 0 Å². The predicted molar refractivity (Wildman–Crippen MR) is 147 cm³/mol. The number of carbonyl (C=O) groups excluding carboxylic acids is 3. The first kappa shape index (κ1) is 31.8. The van der Waals surface area contributed by atoms with Gasteiger partial charge in [-0.2, -0.15) is 0 Å². The second kappa shape index (κ2) is 16.5. The molecule has 0 aromatic heterocycles. The molecule has 0 bridgehead atoms. The average Bonchev–Trinajstić information content (AvgIpc) is 3.31. The Bertz CT molecular complexity index is 1210. The van der Waals surface area contributed by atoms with Gasteiger partial charge in [0.2, 0.25) is 0 Å². The SMILES string of the molecule is O=C([O-])c1ccccc1.O=C([O-])c1ccccc1.O=C([O-])c1ccccc1.[Ti+3][CH]1C2=C(CCCC2)C2=C1CCCC2. The van der Waals surface area contributed by atoms with Gasteiger partial charge in [0.05, 0.1) is 17.9 Å². The van der Waals surface area contributed by atoms with Crippen LogP contribution in [0.2, 0.25) is 4.22 Å². The molecule has 208 valence electrons. The number of fused-ring (bicyclic) bond motifs is 1. The van der Waals surface area contributed by atoms with E-state index in [1.54, 1.807) is 54.6 Å². The zero-order chi connectivity index (χ0) is 29.6. The van der Waals surface area contributed by atoms with Crippen LogP contribution >= 0.6 is 0 Å². The monoisotopic (exact) mass is 584 g/mol. The average molecular weight is 584 g/mol. The van der Waals surface area contributed by atoms with Gasteiger partial charge in [0.1, 0.15) is 0 Å². The second-order valence-electron chi connectivity index (χ2n) is 9.82. The third kappa shape index (κ3) is 9.70. The molecule has 3 aromatic rings. The number of allylic oxidation sites excluding steroid dienone is 4. The van der Waals surface area contributed by atoms with Gasteiger partial charge in [0.25, 0.3) is 0 Å². The van der Waals surface area contributed by atoms with Crippen LogP contribution in [0.5, 0.6) is 0 Å². The molecular weight excluding hydrogens is 552 g/mol. The van der Waals surface area contributed by atoms with E-state index in [9.17, 15) is 29.7 Å². The molecule has 3 aliphatic rings. The summed E-state index contributed by atoms with van der Waals surface area (Å²) >= 11 is 2.45. The Morgan fingerprint density at radius 1 is 0.488 bits per heavy atom. The molecule has 0 unspecified atom stereocenters. The van der Waals surface area contributed by atoms with E-state index >= 15 is 0 Å². The number of hydrogen-bond donors (Lipinski definition) is 0. The van der Waals surface area contributed by atoms with Crippen molar-refractivity contribution in [1.29, 1.82) is 0 Å². The van der Waals surface area contributed by atoms with Crippen LogP contribution in [0.3, 0.4) is 0 Å². The van der Waals surface area contributed by atoms with E-state index in [4.69, 9.17) is 0 Å². The Labute approximate surface area is 252 Å². The maximum atomic E-state index is 10.1. The van der Waals surface area contributed by atoms with Crippen molar-refractivity contribution in [2.75, 3.05) is 0 Å². The first-order chi connectivity index (χ1) is 19.8. The van der Waals surface area contributed by atoms with Crippen molar-refractivity contribution >= 4 is 17.9 Å². The molecule has 0 saturated heterocycles. The minimum atomic E-state index is -1.13. The normalized spacial score (nSPS) is 15.5. The fourth-order valence-electron chi connectivity index (χ4n) is 5.12. The second-order valence-corrected chi connectivity index (χ2v) is 10.7. The van der Waals surface area contributed by atoms with Crippen molar-refractivity contribution in [2.24, 2.45) is 0 Å². The Morgan fingerprint density at radius 2 is 0.756 bits per heavy atom. The molecule has 0 atom stereocenters. The Kier molecular flexibility index (Phi) is 12.8. The van der Waals surface area contributed by atoms with Gasteiger partial charge in [-0.05, 0) is 16.7 Å². The van der Waals surface area contributed by atoms with Gasteiger partial charge in [0.15, 0.2) is 0 Å². The maximum absolute atomic E-state index is 10.1. The standard InChI is InChI=1S/C13H17.3C7H6O2.Ti/c1-3-7-12-10(5-1)9-11-6-2-4-8-13(11)12;3*8-7(9)6-4-2-1-3-5-6;/h9H,1-8H2;3*1-5H,(H,8,9);/q;;;;+3/p-3. The molecule has 0 spiro atoms. The topological polar surface area (TPSA) is 120 Å². The molecule has 0 radical (unpaired) electrons. The van der Waals surface area contributed by atoms with E-state index in [1.165, 1.54) is 87.8 Å². The van der Waals surface area contributed by atoms with E-state index in [1.807, 2.05) is 22.3 Å². The number of carboxylic acids is 3. The Balaban J connectivity index is 0.000000154. The number of hydrogen-bond acceptors (Lipinski definition) is 6. The quantitative estimate of drug-likeness (QED) is 0.425. The summed E-state index contributed by atoms with van der Waals surface area (Å²) in [4.78, 5) is 30.3. The summed E-state index contributed by atoms with van der Waals surface area (Å²) in [5.41, 5.74) is 7.97. The van der Waals surface area contributed by atoms with E-state index in [2.05, 4.69) is 20.4 Å². The fraction of sp³-hybridized carbons (Fsp3) is 0.265. The summed E-state index contributed by atoms with van der Waals surface area (Å²) in [7, 11) is 0. The first-order valence-electron chi connectivity index (χ1n) is 13.7. The predicted octanol–water partition coefficient (Wildman–Crippen LogP) is 4.23. The summed E-state index contributed by atoms with van der Waals surface area (Å²) in [5.74, 6) is -3.39. The van der Waals surface area contributed by atoms with Crippen molar-refractivity contribution < 1.29 is 50.1 Å². The van der Waals surface area contributed by atoms with E-state index in [-0.39, 0.29) is 16.7 Å². The van der Waals surface area contributed by atoms with Gasteiger partial charge in [0, 0.05) is 0 Å². The molecule has 41 heavy (non-hydrogen) atoms. The summed E-state index contributed by atoms with van der Waals surface area (Å²) in [5, 5.41) is 30.3. The van der Waals surface area contributed by atoms with Crippen LogP contribution < -0.4 is 15.3 Å². The number of benzene rings is 3. The third-order valence-electron chi connectivity index (χ3n) is 7.11. The molecule has 0 amide bonds.